The quantitative estimate of drug-likeness (QED) is 0.671. The van der Waals surface area contributed by atoms with Crippen LogP contribution in [0.25, 0.3) is 0 Å². The second-order valence-electron chi connectivity index (χ2n) is 4.24. The molecular weight excluding hydrogens is 300 g/mol. The van der Waals surface area contributed by atoms with Crippen molar-refractivity contribution in [2.75, 3.05) is 11.5 Å². The monoisotopic (exact) mass is 312 g/mol. The lowest BCUT2D eigenvalue weighted by atomic mass is 10.2. The first-order chi connectivity index (χ1) is 9.29. The molecule has 106 valence electrons. The molecule has 0 spiro atoms. The summed E-state index contributed by atoms with van der Waals surface area (Å²) in [7, 11) is -3.95. The van der Waals surface area contributed by atoms with Gasteiger partial charge >= 0.3 is 10.1 Å². The maximum Gasteiger partial charge on any atom is 0.339 e. The number of anilines is 2. The Morgan fingerprint density at radius 1 is 1.05 bits per heavy atom. The van der Waals surface area contributed by atoms with Crippen molar-refractivity contribution in [3.05, 3.63) is 47.0 Å². The minimum Gasteiger partial charge on any atom is -0.397 e. The predicted molar refractivity (Wildman–Crippen MR) is 79.3 cm³/mol. The molecule has 2 aromatic carbocycles. The average Bonchev–Trinajstić information content (AvgIpc) is 2.33. The van der Waals surface area contributed by atoms with E-state index >= 15 is 0 Å². The Hall–Kier alpha value is -1.92. The normalized spacial score (nSPS) is 11.3. The lowest BCUT2D eigenvalue weighted by Crippen LogP contribution is -2.11. The van der Waals surface area contributed by atoms with Gasteiger partial charge in [-0.05, 0) is 42.8 Å². The summed E-state index contributed by atoms with van der Waals surface area (Å²) in [6.45, 7) is 1.64. The Morgan fingerprint density at radius 2 is 1.75 bits per heavy atom. The van der Waals surface area contributed by atoms with E-state index in [4.69, 9.17) is 27.3 Å². The summed E-state index contributed by atoms with van der Waals surface area (Å²) >= 11 is 5.80. The van der Waals surface area contributed by atoms with Gasteiger partial charge in [-0.15, -0.1) is 0 Å². The van der Waals surface area contributed by atoms with E-state index in [1.54, 1.807) is 13.0 Å². The molecule has 0 aliphatic rings. The molecule has 2 rings (SSSR count). The minimum atomic E-state index is -3.95. The van der Waals surface area contributed by atoms with Gasteiger partial charge in [0, 0.05) is 11.1 Å². The summed E-state index contributed by atoms with van der Waals surface area (Å²) in [6.07, 6.45) is 0. The van der Waals surface area contributed by atoms with Gasteiger partial charge in [0.15, 0.2) is 0 Å². The Kier molecular flexibility index (Phi) is 3.78. The van der Waals surface area contributed by atoms with Gasteiger partial charge in [0.1, 0.15) is 10.6 Å². The van der Waals surface area contributed by atoms with Crippen molar-refractivity contribution in [2.24, 2.45) is 0 Å². The topological polar surface area (TPSA) is 95.4 Å². The molecule has 0 heterocycles. The summed E-state index contributed by atoms with van der Waals surface area (Å²) in [5.41, 5.74) is 12.3. The molecule has 0 atom stereocenters. The highest BCUT2D eigenvalue weighted by Gasteiger charge is 2.19. The molecule has 0 saturated heterocycles. The molecule has 4 N–H and O–H groups in total. The van der Waals surface area contributed by atoms with Crippen LogP contribution in [-0.2, 0) is 10.1 Å². The molecule has 0 aliphatic heterocycles. The van der Waals surface area contributed by atoms with Crippen LogP contribution in [0.3, 0.4) is 0 Å². The molecule has 0 radical (unpaired) electrons. The number of halogens is 1. The van der Waals surface area contributed by atoms with Crippen molar-refractivity contribution in [1.29, 1.82) is 0 Å². The lowest BCUT2D eigenvalue weighted by Gasteiger charge is -2.10. The third-order valence-electron chi connectivity index (χ3n) is 2.67. The molecule has 7 heteroatoms. The van der Waals surface area contributed by atoms with Crippen LogP contribution in [0.1, 0.15) is 5.56 Å². The number of rotatable bonds is 3. The van der Waals surface area contributed by atoms with E-state index in [1.807, 2.05) is 0 Å². The van der Waals surface area contributed by atoms with Gasteiger partial charge in [0.2, 0.25) is 0 Å². The fourth-order valence-electron chi connectivity index (χ4n) is 1.67. The highest BCUT2D eigenvalue weighted by atomic mass is 35.5. The number of hydrogen-bond acceptors (Lipinski definition) is 5. The van der Waals surface area contributed by atoms with Gasteiger partial charge in [-0.2, -0.15) is 8.42 Å². The average molecular weight is 313 g/mol. The summed E-state index contributed by atoms with van der Waals surface area (Å²) in [4.78, 5) is 0.0531. The molecule has 0 saturated carbocycles. The minimum absolute atomic E-state index is 0.0531. The van der Waals surface area contributed by atoms with Gasteiger partial charge in [-0.25, -0.2) is 0 Å². The predicted octanol–water partition coefficient (Wildman–Crippen LogP) is 2.58. The summed E-state index contributed by atoms with van der Waals surface area (Å²) < 4.78 is 29.4. The first kappa shape index (κ1) is 14.5. The van der Waals surface area contributed by atoms with Crippen molar-refractivity contribution in [3.8, 4) is 5.75 Å². The number of hydrogen-bond donors (Lipinski definition) is 2. The second kappa shape index (κ2) is 5.22. The first-order valence-corrected chi connectivity index (χ1v) is 7.44. The Bertz CT molecular complexity index is 760. The zero-order valence-corrected chi connectivity index (χ0v) is 12.2. The number of aryl methyl sites for hydroxylation is 1. The van der Waals surface area contributed by atoms with E-state index in [2.05, 4.69) is 0 Å². The van der Waals surface area contributed by atoms with Gasteiger partial charge in [-0.1, -0.05) is 11.6 Å². The van der Waals surface area contributed by atoms with Crippen molar-refractivity contribution < 1.29 is 12.6 Å². The molecular formula is C13H13ClN2O3S. The highest BCUT2D eigenvalue weighted by Crippen LogP contribution is 2.26. The number of nitrogens with two attached hydrogens (primary N) is 2. The third-order valence-corrected chi connectivity index (χ3v) is 4.31. The first-order valence-electron chi connectivity index (χ1n) is 5.65. The zero-order chi connectivity index (χ0) is 14.9. The van der Waals surface area contributed by atoms with Crippen LogP contribution >= 0.6 is 11.6 Å². The molecule has 20 heavy (non-hydrogen) atoms. The van der Waals surface area contributed by atoms with Crippen molar-refractivity contribution in [3.63, 3.8) is 0 Å². The number of benzene rings is 2. The molecule has 5 nitrogen and oxygen atoms in total. The molecule has 2 aromatic rings. The third kappa shape index (κ3) is 2.97. The Morgan fingerprint density at radius 3 is 2.35 bits per heavy atom. The smallest absolute Gasteiger partial charge is 0.339 e. The maximum absolute atomic E-state index is 12.2. The molecule has 0 amide bonds. The van der Waals surface area contributed by atoms with Crippen LogP contribution < -0.4 is 15.7 Å². The SMILES string of the molecule is Cc1cc(Cl)ccc1S(=O)(=O)Oc1ccc(N)c(N)c1. The second-order valence-corrected chi connectivity index (χ2v) is 6.19. The van der Waals surface area contributed by atoms with E-state index in [1.165, 1.54) is 30.3 Å². The highest BCUT2D eigenvalue weighted by molar-refractivity contribution is 7.87. The summed E-state index contributed by atoms with van der Waals surface area (Å²) in [5.74, 6) is 0.103. The van der Waals surface area contributed by atoms with Crippen LogP contribution in [-0.4, -0.2) is 8.42 Å². The lowest BCUT2D eigenvalue weighted by molar-refractivity contribution is 0.485. The Balaban J connectivity index is 2.38. The van der Waals surface area contributed by atoms with Gasteiger partial charge in [0.05, 0.1) is 11.4 Å². The molecule has 0 aromatic heterocycles. The van der Waals surface area contributed by atoms with Gasteiger partial charge < -0.3 is 15.7 Å². The fourth-order valence-corrected chi connectivity index (χ4v) is 3.03. The molecule has 0 fully saturated rings. The van der Waals surface area contributed by atoms with Gasteiger partial charge in [-0.3, -0.25) is 0 Å². The number of nitrogen functional groups attached to an aromatic ring is 2. The summed E-state index contributed by atoms with van der Waals surface area (Å²) in [6, 6.07) is 8.71. The van der Waals surface area contributed by atoms with Crippen molar-refractivity contribution >= 4 is 33.1 Å². The van der Waals surface area contributed by atoms with Gasteiger partial charge in [0.25, 0.3) is 0 Å². The summed E-state index contributed by atoms with van der Waals surface area (Å²) in [5, 5.41) is 0.457. The van der Waals surface area contributed by atoms with E-state index in [-0.39, 0.29) is 16.3 Å². The molecule has 0 aliphatic carbocycles. The van der Waals surface area contributed by atoms with Crippen LogP contribution in [0.5, 0.6) is 5.75 Å². The maximum atomic E-state index is 12.2. The van der Waals surface area contributed by atoms with Crippen molar-refractivity contribution in [2.45, 2.75) is 11.8 Å². The standard InChI is InChI=1S/C13H13ClN2O3S/c1-8-6-9(14)2-5-13(8)20(17,18)19-10-3-4-11(15)12(16)7-10/h2-7H,15-16H2,1H3. The van der Waals surface area contributed by atoms with E-state index in [0.717, 1.165) is 0 Å². The van der Waals surface area contributed by atoms with E-state index in [9.17, 15) is 8.42 Å². The fraction of sp³-hybridized carbons (Fsp3) is 0.0769. The molecule has 0 unspecified atom stereocenters. The van der Waals surface area contributed by atoms with Crippen LogP contribution in [0.4, 0.5) is 11.4 Å². The van der Waals surface area contributed by atoms with Crippen LogP contribution in [0.2, 0.25) is 5.02 Å². The largest absolute Gasteiger partial charge is 0.397 e. The van der Waals surface area contributed by atoms with Crippen LogP contribution in [0, 0.1) is 6.92 Å². The van der Waals surface area contributed by atoms with E-state index < -0.39 is 10.1 Å². The van der Waals surface area contributed by atoms with Crippen LogP contribution in [0.15, 0.2) is 41.3 Å². The Labute approximate surface area is 122 Å². The van der Waals surface area contributed by atoms with E-state index in [0.29, 0.717) is 16.3 Å². The zero-order valence-electron chi connectivity index (χ0n) is 10.6. The van der Waals surface area contributed by atoms with Crippen molar-refractivity contribution in [1.82, 2.24) is 0 Å². The molecule has 0 bridgehead atoms.